The van der Waals surface area contributed by atoms with E-state index in [0.29, 0.717) is 20.4 Å². The van der Waals surface area contributed by atoms with Gasteiger partial charge in [0.05, 0.1) is 9.50 Å². The van der Waals surface area contributed by atoms with Gasteiger partial charge in [0.1, 0.15) is 5.82 Å². The highest BCUT2D eigenvalue weighted by Crippen LogP contribution is 2.28. The summed E-state index contributed by atoms with van der Waals surface area (Å²) in [6, 6.07) is 9.65. The van der Waals surface area contributed by atoms with E-state index in [4.69, 9.17) is 11.6 Å². The molecular formula is C15H8BrClFNO. The zero-order valence-corrected chi connectivity index (χ0v) is 12.4. The molecule has 0 atom stereocenters. The van der Waals surface area contributed by atoms with Gasteiger partial charge in [-0.1, -0.05) is 17.7 Å². The van der Waals surface area contributed by atoms with Crippen LogP contribution in [-0.4, -0.2) is 10.8 Å². The number of aromatic amines is 1. The Hall–Kier alpha value is -1.65. The number of rotatable bonds is 2. The molecule has 0 radical (unpaired) electrons. The fourth-order valence-corrected chi connectivity index (χ4v) is 2.64. The maximum atomic E-state index is 13.5. The lowest BCUT2D eigenvalue weighted by molar-refractivity contribution is 0.104. The van der Waals surface area contributed by atoms with E-state index in [1.165, 1.54) is 12.1 Å². The van der Waals surface area contributed by atoms with Crippen molar-refractivity contribution >= 4 is 44.2 Å². The molecule has 0 spiro atoms. The second-order valence-corrected chi connectivity index (χ2v) is 5.58. The van der Waals surface area contributed by atoms with E-state index in [2.05, 4.69) is 20.9 Å². The highest BCUT2D eigenvalue weighted by atomic mass is 79.9. The highest BCUT2D eigenvalue weighted by molar-refractivity contribution is 9.10. The second-order valence-electron chi connectivity index (χ2n) is 4.32. The third-order valence-electron chi connectivity index (χ3n) is 3.08. The smallest absolute Gasteiger partial charge is 0.195 e. The SMILES string of the molecule is O=C(c1ccc(Br)c(F)c1)c1c[nH]c2cccc(Cl)c12. The number of carbonyl (C=O) groups is 1. The van der Waals surface area contributed by atoms with Gasteiger partial charge in [0.2, 0.25) is 0 Å². The topological polar surface area (TPSA) is 32.9 Å². The van der Waals surface area contributed by atoms with Crippen molar-refractivity contribution in [1.82, 2.24) is 4.98 Å². The molecule has 0 amide bonds. The van der Waals surface area contributed by atoms with Gasteiger partial charge < -0.3 is 4.98 Å². The first-order valence-corrected chi connectivity index (χ1v) is 7.00. The van der Waals surface area contributed by atoms with Crippen LogP contribution in [-0.2, 0) is 0 Å². The number of carbonyl (C=O) groups excluding carboxylic acids is 1. The van der Waals surface area contributed by atoms with E-state index >= 15 is 0 Å². The van der Waals surface area contributed by atoms with Gasteiger partial charge in [-0.15, -0.1) is 0 Å². The van der Waals surface area contributed by atoms with Crippen LogP contribution in [0.2, 0.25) is 5.02 Å². The standard InChI is InChI=1S/C15H8BrClFNO/c16-10-5-4-8(6-12(10)18)15(20)9-7-19-13-3-1-2-11(17)14(9)13/h1-7,19H. The number of benzene rings is 2. The normalized spacial score (nSPS) is 10.9. The Morgan fingerprint density at radius 3 is 2.80 bits per heavy atom. The molecule has 5 heteroatoms. The molecule has 0 aliphatic rings. The third-order valence-corrected chi connectivity index (χ3v) is 4.04. The molecule has 1 heterocycles. The quantitative estimate of drug-likeness (QED) is 0.650. The molecule has 1 aromatic heterocycles. The molecule has 0 saturated carbocycles. The fraction of sp³-hybridized carbons (Fsp3) is 0. The monoisotopic (exact) mass is 351 g/mol. The van der Waals surface area contributed by atoms with Crippen LogP contribution in [0.5, 0.6) is 0 Å². The summed E-state index contributed by atoms with van der Waals surface area (Å²) in [5.74, 6) is -0.738. The average molecular weight is 353 g/mol. The molecule has 0 aliphatic heterocycles. The van der Waals surface area contributed by atoms with Crippen LogP contribution >= 0.6 is 27.5 Å². The van der Waals surface area contributed by atoms with Crippen LogP contribution in [0.4, 0.5) is 4.39 Å². The van der Waals surface area contributed by atoms with Crippen LogP contribution in [0.3, 0.4) is 0 Å². The van der Waals surface area contributed by atoms with Crippen LogP contribution in [0.1, 0.15) is 15.9 Å². The Labute approximate surface area is 127 Å². The zero-order valence-electron chi connectivity index (χ0n) is 10.1. The Bertz CT molecular complexity index is 828. The molecule has 20 heavy (non-hydrogen) atoms. The van der Waals surface area contributed by atoms with Gasteiger partial charge in [0.25, 0.3) is 0 Å². The van der Waals surface area contributed by atoms with Gasteiger partial charge in [0.15, 0.2) is 5.78 Å². The van der Waals surface area contributed by atoms with Crippen LogP contribution in [0.25, 0.3) is 10.9 Å². The minimum atomic E-state index is -0.471. The number of hydrogen-bond acceptors (Lipinski definition) is 1. The average Bonchev–Trinajstić information content (AvgIpc) is 2.86. The first-order chi connectivity index (χ1) is 9.58. The second kappa shape index (κ2) is 5.04. The number of ketones is 1. The Morgan fingerprint density at radius 1 is 1.25 bits per heavy atom. The molecule has 2 aromatic carbocycles. The van der Waals surface area contributed by atoms with Crippen LogP contribution in [0.15, 0.2) is 47.1 Å². The molecular weight excluding hydrogens is 345 g/mol. The minimum absolute atomic E-state index is 0.268. The summed E-state index contributed by atoms with van der Waals surface area (Å²) < 4.78 is 13.9. The van der Waals surface area contributed by atoms with Gasteiger partial charge in [-0.25, -0.2) is 4.39 Å². The molecule has 0 aliphatic carbocycles. The Balaban J connectivity index is 2.15. The number of aromatic nitrogens is 1. The Kier molecular flexibility index (Phi) is 3.36. The summed E-state index contributed by atoms with van der Waals surface area (Å²) in [5, 5.41) is 1.15. The van der Waals surface area contributed by atoms with Crippen molar-refractivity contribution in [3.05, 3.63) is 69.0 Å². The lowest BCUT2D eigenvalue weighted by atomic mass is 10.0. The first-order valence-electron chi connectivity index (χ1n) is 5.83. The predicted molar refractivity (Wildman–Crippen MR) is 80.8 cm³/mol. The van der Waals surface area contributed by atoms with Gasteiger partial charge in [-0.3, -0.25) is 4.79 Å². The Morgan fingerprint density at radius 2 is 2.05 bits per heavy atom. The third kappa shape index (κ3) is 2.15. The van der Waals surface area contributed by atoms with Crippen molar-refractivity contribution in [3.8, 4) is 0 Å². The minimum Gasteiger partial charge on any atom is -0.360 e. The van der Waals surface area contributed by atoms with Gasteiger partial charge in [-0.05, 0) is 46.3 Å². The van der Waals surface area contributed by atoms with E-state index in [0.717, 1.165) is 5.52 Å². The maximum absolute atomic E-state index is 13.5. The lowest BCUT2D eigenvalue weighted by Gasteiger charge is -2.02. The lowest BCUT2D eigenvalue weighted by Crippen LogP contribution is -2.01. The summed E-state index contributed by atoms with van der Waals surface area (Å²) in [4.78, 5) is 15.5. The van der Waals surface area contributed by atoms with Crippen LogP contribution in [0, 0.1) is 5.82 Å². The van der Waals surface area contributed by atoms with E-state index in [-0.39, 0.29) is 11.3 Å². The van der Waals surface area contributed by atoms with E-state index in [9.17, 15) is 9.18 Å². The molecule has 100 valence electrons. The van der Waals surface area contributed by atoms with Gasteiger partial charge >= 0.3 is 0 Å². The van der Waals surface area contributed by atoms with Crippen molar-refractivity contribution in [2.45, 2.75) is 0 Å². The molecule has 0 unspecified atom stereocenters. The van der Waals surface area contributed by atoms with Gasteiger partial charge in [-0.2, -0.15) is 0 Å². The molecule has 0 fully saturated rings. The summed E-state index contributed by atoms with van der Waals surface area (Å²) in [7, 11) is 0. The molecule has 0 bridgehead atoms. The van der Waals surface area contributed by atoms with E-state index < -0.39 is 5.82 Å². The van der Waals surface area contributed by atoms with Crippen molar-refractivity contribution in [2.24, 2.45) is 0 Å². The number of nitrogens with one attached hydrogen (secondary N) is 1. The van der Waals surface area contributed by atoms with Crippen molar-refractivity contribution in [2.75, 3.05) is 0 Å². The summed E-state index contributed by atoms with van der Waals surface area (Å²) in [6.07, 6.45) is 1.60. The number of H-pyrrole nitrogens is 1. The highest BCUT2D eigenvalue weighted by Gasteiger charge is 2.17. The molecule has 1 N–H and O–H groups in total. The number of fused-ring (bicyclic) bond motifs is 1. The van der Waals surface area contributed by atoms with Crippen molar-refractivity contribution in [1.29, 1.82) is 0 Å². The summed E-state index contributed by atoms with van der Waals surface area (Å²) >= 11 is 9.20. The fourth-order valence-electron chi connectivity index (χ4n) is 2.11. The molecule has 0 saturated heterocycles. The van der Waals surface area contributed by atoms with Crippen molar-refractivity contribution < 1.29 is 9.18 Å². The number of hydrogen-bond donors (Lipinski definition) is 1. The van der Waals surface area contributed by atoms with E-state index in [1.807, 2.05) is 6.07 Å². The first kappa shape index (κ1) is 13.3. The summed E-state index contributed by atoms with van der Waals surface area (Å²) in [6.45, 7) is 0. The molecule has 2 nitrogen and oxygen atoms in total. The largest absolute Gasteiger partial charge is 0.360 e. The molecule has 3 aromatic rings. The maximum Gasteiger partial charge on any atom is 0.195 e. The molecule has 3 rings (SSSR count). The summed E-state index contributed by atoms with van der Waals surface area (Å²) in [5.41, 5.74) is 1.50. The van der Waals surface area contributed by atoms with Crippen LogP contribution < -0.4 is 0 Å². The predicted octanol–water partition coefficient (Wildman–Crippen LogP) is 4.95. The van der Waals surface area contributed by atoms with Gasteiger partial charge in [0, 0.05) is 28.2 Å². The van der Waals surface area contributed by atoms with Crippen molar-refractivity contribution in [3.63, 3.8) is 0 Å². The zero-order chi connectivity index (χ0) is 14.3. The van der Waals surface area contributed by atoms with E-state index in [1.54, 1.807) is 24.4 Å². The number of halogens is 3.